The van der Waals surface area contributed by atoms with Gasteiger partial charge in [0.1, 0.15) is 5.60 Å². The lowest BCUT2D eigenvalue weighted by atomic mass is 9.87. The number of carbonyl (C=O) groups is 2. The van der Waals surface area contributed by atoms with E-state index < -0.39 is 23.2 Å². The lowest BCUT2D eigenvalue weighted by Gasteiger charge is -2.40. The molecule has 1 saturated heterocycles. The zero-order valence-electron chi connectivity index (χ0n) is 16.6. The second-order valence-electron chi connectivity index (χ2n) is 8.29. The molecule has 148 valence electrons. The average Bonchev–Trinajstić information content (AvgIpc) is 3.07. The van der Waals surface area contributed by atoms with E-state index >= 15 is 0 Å². The van der Waals surface area contributed by atoms with Gasteiger partial charge in [-0.1, -0.05) is 54.6 Å². The van der Waals surface area contributed by atoms with Crippen molar-refractivity contribution in [2.45, 2.75) is 51.2 Å². The second kappa shape index (κ2) is 7.66. The number of carbonyl (C=O) groups excluding carboxylic acids is 2. The van der Waals surface area contributed by atoms with Crippen LogP contribution in [0.2, 0.25) is 0 Å². The van der Waals surface area contributed by atoms with Gasteiger partial charge in [0.25, 0.3) is 0 Å². The molecule has 1 fully saturated rings. The smallest absolute Gasteiger partial charge is 0.411 e. The summed E-state index contributed by atoms with van der Waals surface area (Å²) in [6.45, 7) is 5.66. The molecule has 0 aromatic heterocycles. The van der Waals surface area contributed by atoms with Crippen molar-refractivity contribution >= 4 is 12.1 Å². The molecule has 5 heteroatoms. The summed E-state index contributed by atoms with van der Waals surface area (Å²) in [4.78, 5) is 26.1. The Kier molecular flexibility index (Phi) is 5.45. The first-order chi connectivity index (χ1) is 13.2. The van der Waals surface area contributed by atoms with Crippen LogP contribution in [0.15, 0.2) is 54.6 Å². The summed E-state index contributed by atoms with van der Waals surface area (Å²) < 4.78 is 5.44. The van der Waals surface area contributed by atoms with Gasteiger partial charge in [-0.25, -0.2) is 4.79 Å². The molecule has 0 aliphatic carbocycles. The zero-order valence-corrected chi connectivity index (χ0v) is 16.6. The summed E-state index contributed by atoms with van der Waals surface area (Å²) in [5.74, 6) is -1.23. The third-order valence-electron chi connectivity index (χ3n) is 5.04. The van der Waals surface area contributed by atoms with E-state index in [1.807, 2.05) is 54.6 Å². The molecule has 0 spiro atoms. The minimum Gasteiger partial charge on any atom is -0.548 e. The van der Waals surface area contributed by atoms with Crippen LogP contribution in [0.5, 0.6) is 0 Å². The van der Waals surface area contributed by atoms with Gasteiger partial charge in [0.05, 0.1) is 11.5 Å². The third kappa shape index (κ3) is 4.19. The molecule has 1 aliphatic heterocycles. The summed E-state index contributed by atoms with van der Waals surface area (Å²) in [6, 6.07) is 17.7. The van der Waals surface area contributed by atoms with E-state index in [0.29, 0.717) is 19.4 Å². The van der Waals surface area contributed by atoms with Crippen molar-refractivity contribution in [2.24, 2.45) is 0 Å². The SMILES string of the molecule is CC(C)(C)OC(=O)N1CCC[C@@]1(Cc1ccc(-c2ccccc2)cc1)C(=O)[O-]. The van der Waals surface area contributed by atoms with Gasteiger partial charge < -0.3 is 14.6 Å². The van der Waals surface area contributed by atoms with E-state index in [1.54, 1.807) is 20.8 Å². The molecule has 28 heavy (non-hydrogen) atoms. The number of ether oxygens (including phenoxy) is 1. The van der Waals surface area contributed by atoms with Crippen molar-refractivity contribution in [3.63, 3.8) is 0 Å². The number of aliphatic carboxylic acids is 1. The first-order valence-electron chi connectivity index (χ1n) is 9.58. The third-order valence-corrected chi connectivity index (χ3v) is 5.04. The molecule has 0 radical (unpaired) electrons. The van der Waals surface area contributed by atoms with Gasteiger partial charge >= 0.3 is 6.09 Å². The number of rotatable bonds is 4. The van der Waals surface area contributed by atoms with Crippen LogP contribution in [0.4, 0.5) is 4.79 Å². The van der Waals surface area contributed by atoms with Crippen molar-refractivity contribution < 1.29 is 19.4 Å². The van der Waals surface area contributed by atoms with Crippen molar-refractivity contribution in [3.8, 4) is 11.1 Å². The number of nitrogens with zero attached hydrogens (tertiary/aromatic N) is 1. The molecular formula is C23H26NO4-. The van der Waals surface area contributed by atoms with Gasteiger partial charge in [-0.15, -0.1) is 0 Å². The van der Waals surface area contributed by atoms with Crippen LogP contribution in [0.25, 0.3) is 11.1 Å². The Balaban J connectivity index is 1.84. The molecule has 1 atom stereocenters. The van der Waals surface area contributed by atoms with Gasteiger partial charge in [-0.05, 0) is 50.3 Å². The van der Waals surface area contributed by atoms with Gasteiger partial charge in [-0.2, -0.15) is 0 Å². The Morgan fingerprint density at radius 2 is 1.64 bits per heavy atom. The van der Waals surface area contributed by atoms with Gasteiger partial charge in [0, 0.05) is 13.0 Å². The number of benzene rings is 2. The van der Waals surface area contributed by atoms with Crippen LogP contribution in [-0.4, -0.2) is 34.6 Å². The van der Waals surface area contributed by atoms with Crippen molar-refractivity contribution in [3.05, 3.63) is 60.2 Å². The predicted molar refractivity (Wildman–Crippen MR) is 105 cm³/mol. The standard InChI is InChI=1S/C23H27NO4/c1-22(2,3)28-21(27)24-15-7-14-23(24,20(25)26)16-17-10-12-19(13-11-17)18-8-5-4-6-9-18/h4-6,8-13H,7,14-16H2,1-3H3,(H,25,26)/p-1/t23-/m1/s1. The van der Waals surface area contributed by atoms with Crippen LogP contribution >= 0.6 is 0 Å². The molecular weight excluding hydrogens is 354 g/mol. The van der Waals surface area contributed by atoms with E-state index in [1.165, 1.54) is 4.90 Å². The Morgan fingerprint density at radius 1 is 1.04 bits per heavy atom. The fraction of sp³-hybridized carbons (Fsp3) is 0.391. The highest BCUT2D eigenvalue weighted by atomic mass is 16.6. The monoisotopic (exact) mass is 380 g/mol. The van der Waals surface area contributed by atoms with E-state index in [4.69, 9.17) is 4.74 Å². The van der Waals surface area contributed by atoms with Crippen LogP contribution in [0.3, 0.4) is 0 Å². The molecule has 0 unspecified atom stereocenters. The quantitative estimate of drug-likeness (QED) is 0.815. The first-order valence-corrected chi connectivity index (χ1v) is 9.58. The number of likely N-dealkylation sites (tertiary alicyclic amines) is 1. The summed E-state index contributed by atoms with van der Waals surface area (Å²) in [6.07, 6.45) is 0.559. The minimum atomic E-state index is -1.38. The maximum atomic E-state index is 12.6. The van der Waals surface area contributed by atoms with Crippen molar-refractivity contribution in [1.82, 2.24) is 4.90 Å². The Morgan fingerprint density at radius 3 is 2.21 bits per heavy atom. The highest BCUT2D eigenvalue weighted by molar-refractivity contribution is 5.84. The van der Waals surface area contributed by atoms with Crippen molar-refractivity contribution in [1.29, 1.82) is 0 Å². The lowest BCUT2D eigenvalue weighted by molar-refractivity contribution is -0.317. The lowest BCUT2D eigenvalue weighted by Crippen LogP contribution is -2.60. The largest absolute Gasteiger partial charge is 0.548 e. The van der Waals surface area contributed by atoms with E-state index in [-0.39, 0.29) is 6.42 Å². The maximum absolute atomic E-state index is 12.6. The van der Waals surface area contributed by atoms with Gasteiger partial charge in [-0.3, -0.25) is 4.90 Å². The molecule has 1 heterocycles. The summed E-state index contributed by atoms with van der Waals surface area (Å²) >= 11 is 0. The number of carboxylic acids is 1. The summed E-state index contributed by atoms with van der Waals surface area (Å²) in [7, 11) is 0. The molecule has 3 rings (SSSR count). The summed E-state index contributed by atoms with van der Waals surface area (Å²) in [5.41, 5.74) is 0.937. The fourth-order valence-electron chi connectivity index (χ4n) is 3.71. The first kappa shape index (κ1) is 19.9. The Hall–Kier alpha value is -2.82. The Bertz CT molecular complexity index is 839. The molecule has 1 amide bonds. The minimum absolute atomic E-state index is 0.198. The van der Waals surface area contributed by atoms with Gasteiger partial charge in [0.2, 0.25) is 0 Å². The highest BCUT2D eigenvalue weighted by Gasteiger charge is 2.46. The Labute approximate surface area is 165 Å². The molecule has 2 aromatic carbocycles. The molecule has 2 aromatic rings. The molecule has 0 bridgehead atoms. The summed E-state index contributed by atoms with van der Waals surface area (Å²) in [5, 5.41) is 12.1. The van der Waals surface area contributed by atoms with Crippen LogP contribution in [-0.2, 0) is 16.0 Å². The van der Waals surface area contributed by atoms with Gasteiger partial charge in [0.15, 0.2) is 0 Å². The van der Waals surface area contributed by atoms with Crippen molar-refractivity contribution in [2.75, 3.05) is 6.54 Å². The fourth-order valence-corrected chi connectivity index (χ4v) is 3.71. The normalized spacial score (nSPS) is 19.5. The van der Waals surface area contributed by atoms with Crippen LogP contribution in [0.1, 0.15) is 39.2 Å². The molecule has 1 aliphatic rings. The van der Waals surface area contributed by atoms with E-state index in [0.717, 1.165) is 16.7 Å². The topological polar surface area (TPSA) is 69.7 Å². The second-order valence-corrected chi connectivity index (χ2v) is 8.29. The highest BCUT2D eigenvalue weighted by Crippen LogP contribution is 2.34. The number of carboxylic acid groups (broad SMARTS) is 1. The van der Waals surface area contributed by atoms with E-state index in [9.17, 15) is 14.7 Å². The number of hydrogen-bond acceptors (Lipinski definition) is 4. The van der Waals surface area contributed by atoms with E-state index in [2.05, 4.69) is 0 Å². The number of hydrogen-bond donors (Lipinski definition) is 0. The maximum Gasteiger partial charge on any atom is 0.411 e. The number of amides is 1. The molecule has 5 nitrogen and oxygen atoms in total. The predicted octanol–water partition coefficient (Wildman–Crippen LogP) is 3.42. The van der Waals surface area contributed by atoms with Crippen LogP contribution in [0, 0.1) is 0 Å². The zero-order chi connectivity index (χ0) is 20.4. The van der Waals surface area contributed by atoms with Crippen LogP contribution < -0.4 is 5.11 Å². The molecule has 0 N–H and O–H groups in total. The average molecular weight is 380 g/mol. The molecule has 0 saturated carbocycles.